The molecule has 3 aromatic rings. The molecule has 0 atom stereocenters. The van der Waals surface area contributed by atoms with Crippen molar-refractivity contribution in [3.8, 4) is 11.3 Å². The Labute approximate surface area is 169 Å². The Morgan fingerprint density at radius 1 is 1.14 bits per heavy atom. The van der Waals surface area contributed by atoms with Gasteiger partial charge in [-0.1, -0.05) is 24.3 Å². The van der Waals surface area contributed by atoms with Gasteiger partial charge in [0.05, 0.1) is 17.5 Å². The lowest BCUT2D eigenvalue weighted by molar-refractivity contribution is -0.137. The summed E-state index contributed by atoms with van der Waals surface area (Å²) < 4.78 is 40.9. The molecule has 8 heteroatoms. The van der Waals surface area contributed by atoms with Gasteiger partial charge < -0.3 is 0 Å². The average Bonchev–Trinajstić information content (AvgIpc) is 3.09. The molecule has 146 valence electrons. The van der Waals surface area contributed by atoms with Crippen molar-refractivity contribution in [2.75, 3.05) is 12.8 Å². The van der Waals surface area contributed by atoms with E-state index >= 15 is 0 Å². The topological polar surface area (TPSA) is 29.6 Å². The van der Waals surface area contributed by atoms with Crippen LogP contribution in [-0.2, 0) is 6.18 Å². The Morgan fingerprint density at radius 2 is 1.89 bits per heavy atom. The van der Waals surface area contributed by atoms with Crippen LogP contribution < -0.4 is 4.80 Å². The van der Waals surface area contributed by atoms with Gasteiger partial charge >= 0.3 is 6.18 Å². The highest BCUT2D eigenvalue weighted by Crippen LogP contribution is 2.32. The normalized spacial score (nSPS) is 12.8. The molecule has 28 heavy (non-hydrogen) atoms. The van der Waals surface area contributed by atoms with Crippen LogP contribution in [0.25, 0.3) is 11.3 Å². The first-order valence-corrected chi connectivity index (χ1v) is 10.6. The summed E-state index contributed by atoms with van der Waals surface area (Å²) in [6.07, 6.45) is -0.706. The summed E-state index contributed by atoms with van der Waals surface area (Å²) in [5.74, 6) is 0. The molecule has 1 heterocycles. The Hall–Kier alpha value is -2.32. The van der Waals surface area contributed by atoms with Crippen molar-refractivity contribution in [2.45, 2.75) is 18.0 Å². The summed E-state index contributed by atoms with van der Waals surface area (Å²) in [7, 11) is 0. The SMILES string of the molecule is CCN=c1scc(-c2cccc(C(F)(F)F)c2)n1/N=C\c1ccc(SC)cc1. The quantitative estimate of drug-likeness (QED) is 0.380. The minimum atomic E-state index is -4.39. The van der Waals surface area contributed by atoms with Gasteiger partial charge in [-0.15, -0.1) is 23.1 Å². The molecule has 0 unspecified atom stereocenters. The molecule has 0 radical (unpaired) electrons. The number of nitrogens with zero attached hydrogens (tertiary/aromatic N) is 3. The molecule has 0 bridgehead atoms. The van der Waals surface area contributed by atoms with Crippen LogP contribution in [0.4, 0.5) is 13.2 Å². The predicted octanol–water partition coefficient (Wildman–Crippen LogP) is 5.76. The highest BCUT2D eigenvalue weighted by atomic mass is 32.2. The van der Waals surface area contributed by atoms with Crippen LogP contribution in [-0.4, -0.2) is 23.7 Å². The van der Waals surface area contributed by atoms with Crippen LogP contribution in [0.2, 0.25) is 0 Å². The number of hydrogen-bond acceptors (Lipinski definition) is 4. The first-order valence-electron chi connectivity index (χ1n) is 8.49. The van der Waals surface area contributed by atoms with Crippen molar-refractivity contribution < 1.29 is 13.2 Å². The van der Waals surface area contributed by atoms with Gasteiger partial charge in [0.1, 0.15) is 0 Å². The Morgan fingerprint density at radius 3 is 2.54 bits per heavy atom. The van der Waals surface area contributed by atoms with Crippen LogP contribution in [0.15, 0.2) is 68.9 Å². The van der Waals surface area contributed by atoms with Crippen molar-refractivity contribution in [3.05, 3.63) is 69.8 Å². The number of hydrogen-bond donors (Lipinski definition) is 0. The third-order valence-electron chi connectivity index (χ3n) is 3.90. The number of thiazole rings is 1. The van der Waals surface area contributed by atoms with E-state index < -0.39 is 11.7 Å². The maximum atomic E-state index is 13.1. The van der Waals surface area contributed by atoms with E-state index in [1.165, 1.54) is 17.4 Å². The van der Waals surface area contributed by atoms with E-state index in [9.17, 15) is 13.2 Å². The van der Waals surface area contributed by atoms with E-state index in [1.54, 1.807) is 34.1 Å². The molecule has 0 aliphatic carbocycles. The van der Waals surface area contributed by atoms with Crippen molar-refractivity contribution in [3.63, 3.8) is 0 Å². The standard InChI is InChI=1S/C20H18F3N3S2/c1-3-24-19-26(25-12-14-7-9-17(27-2)10-8-14)18(13-28-19)15-5-4-6-16(11-15)20(21,22)23/h4-13H,3H2,1-2H3/b24-19?,25-12-. The van der Waals surface area contributed by atoms with Gasteiger partial charge in [-0.25, -0.2) is 4.68 Å². The first-order chi connectivity index (χ1) is 13.4. The third kappa shape index (κ3) is 4.74. The minimum absolute atomic E-state index is 0.443. The number of benzene rings is 2. The molecule has 1 aromatic heterocycles. The zero-order chi connectivity index (χ0) is 20.1. The molecule has 0 amide bonds. The number of aromatic nitrogens is 1. The molecule has 0 saturated carbocycles. The van der Waals surface area contributed by atoms with E-state index in [0.29, 0.717) is 22.6 Å². The van der Waals surface area contributed by atoms with Gasteiger partial charge in [0.15, 0.2) is 0 Å². The second-order valence-corrected chi connectivity index (χ2v) is 7.50. The van der Waals surface area contributed by atoms with Crippen molar-refractivity contribution in [2.24, 2.45) is 10.1 Å². The summed E-state index contributed by atoms with van der Waals surface area (Å²) in [5, 5.41) is 6.27. The average molecular weight is 422 g/mol. The predicted molar refractivity (Wildman–Crippen MR) is 110 cm³/mol. The molecule has 3 rings (SSSR count). The van der Waals surface area contributed by atoms with Gasteiger partial charge in [-0.3, -0.25) is 4.99 Å². The summed E-state index contributed by atoms with van der Waals surface area (Å²) >= 11 is 3.00. The fourth-order valence-electron chi connectivity index (χ4n) is 2.52. The van der Waals surface area contributed by atoms with Crippen molar-refractivity contribution in [1.29, 1.82) is 0 Å². The van der Waals surface area contributed by atoms with Crippen LogP contribution in [0.5, 0.6) is 0 Å². The molecule has 0 spiro atoms. The fraction of sp³-hybridized carbons (Fsp3) is 0.200. The summed E-state index contributed by atoms with van der Waals surface area (Å²) in [6, 6.07) is 13.1. The maximum Gasteiger partial charge on any atom is 0.416 e. The third-order valence-corrected chi connectivity index (χ3v) is 5.50. The second-order valence-electron chi connectivity index (χ2n) is 5.79. The van der Waals surface area contributed by atoms with Crippen LogP contribution in [0.3, 0.4) is 0 Å². The minimum Gasteiger partial charge on any atom is -0.258 e. The molecular formula is C20H18F3N3S2. The molecule has 0 aliphatic heterocycles. The fourth-order valence-corrected chi connectivity index (χ4v) is 3.83. The molecule has 0 fully saturated rings. The summed E-state index contributed by atoms with van der Waals surface area (Å²) in [6.45, 7) is 2.46. The van der Waals surface area contributed by atoms with Gasteiger partial charge in [-0.05, 0) is 43.0 Å². The Balaban J connectivity index is 2.04. The molecule has 0 saturated heterocycles. The highest BCUT2D eigenvalue weighted by molar-refractivity contribution is 7.98. The van der Waals surface area contributed by atoms with Crippen LogP contribution in [0, 0.1) is 0 Å². The number of thioether (sulfide) groups is 1. The zero-order valence-electron chi connectivity index (χ0n) is 15.3. The van der Waals surface area contributed by atoms with Crippen molar-refractivity contribution in [1.82, 2.24) is 4.68 Å². The lowest BCUT2D eigenvalue weighted by Crippen LogP contribution is -2.12. The van der Waals surface area contributed by atoms with Crippen LogP contribution >= 0.6 is 23.1 Å². The molecule has 0 aliphatic rings. The lowest BCUT2D eigenvalue weighted by atomic mass is 10.1. The van der Waals surface area contributed by atoms with Gasteiger partial charge in [-0.2, -0.15) is 18.3 Å². The number of rotatable bonds is 5. The highest BCUT2D eigenvalue weighted by Gasteiger charge is 2.30. The van der Waals surface area contributed by atoms with E-state index in [0.717, 1.165) is 22.6 Å². The monoisotopic (exact) mass is 421 g/mol. The van der Waals surface area contributed by atoms with Gasteiger partial charge in [0.25, 0.3) is 0 Å². The molecule has 2 aromatic carbocycles. The van der Waals surface area contributed by atoms with Gasteiger partial charge in [0.2, 0.25) is 4.80 Å². The van der Waals surface area contributed by atoms with Gasteiger partial charge in [0, 0.05) is 22.4 Å². The van der Waals surface area contributed by atoms with Crippen LogP contribution in [0.1, 0.15) is 18.1 Å². The van der Waals surface area contributed by atoms with E-state index in [1.807, 2.05) is 37.4 Å². The van der Waals surface area contributed by atoms with E-state index in [4.69, 9.17) is 0 Å². The maximum absolute atomic E-state index is 13.1. The first kappa shape index (κ1) is 20.4. The largest absolute Gasteiger partial charge is 0.416 e. The number of halogens is 3. The molecule has 0 N–H and O–H groups in total. The van der Waals surface area contributed by atoms with E-state index in [-0.39, 0.29) is 0 Å². The second kappa shape index (κ2) is 8.79. The van der Waals surface area contributed by atoms with Crippen molar-refractivity contribution >= 4 is 29.3 Å². The Bertz CT molecular complexity index is 1030. The number of alkyl halides is 3. The lowest BCUT2D eigenvalue weighted by Gasteiger charge is -2.09. The molecular weight excluding hydrogens is 403 g/mol. The smallest absolute Gasteiger partial charge is 0.258 e. The molecule has 3 nitrogen and oxygen atoms in total. The zero-order valence-corrected chi connectivity index (χ0v) is 16.9. The van der Waals surface area contributed by atoms with E-state index in [2.05, 4.69) is 10.1 Å². The summed E-state index contributed by atoms with van der Waals surface area (Å²) in [5.41, 5.74) is 1.22. The Kier molecular flexibility index (Phi) is 6.41. The summed E-state index contributed by atoms with van der Waals surface area (Å²) in [4.78, 5) is 6.18.